The van der Waals surface area contributed by atoms with Crippen molar-refractivity contribution in [2.45, 2.75) is 42.4 Å². The number of benzene rings is 3. The van der Waals surface area contributed by atoms with Crippen LogP contribution >= 0.6 is 11.6 Å². The van der Waals surface area contributed by atoms with Gasteiger partial charge < -0.3 is 9.80 Å². The number of anilines is 1. The first kappa shape index (κ1) is 26.5. The summed E-state index contributed by atoms with van der Waals surface area (Å²) in [6.07, 6.45) is -3.91. The Morgan fingerprint density at radius 3 is 2.50 bits per heavy atom. The molecule has 2 aliphatic rings. The molecule has 1 heterocycles. The number of nitrogens with one attached hydrogen (secondary N) is 1. The number of nitrogens with zero attached hydrogens (tertiary/aromatic N) is 2. The van der Waals surface area contributed by atoms with Crippen LogP contribution in [0, 0.1) is 0 Å². The van der Waals surface area contributed by atoms with Gasteiger partial charge in [-0.3, -0.25) is 9.59 Å². The zero-order valence-corrected chi connectivity index (χ0v) is 21.7. The number of rotatable bonds is 5. The number of fused-ring (bicyclic) bond motifs is 2. The van der Waals surface area contributed by atoms with Crippen molar-refractivity contribution in [2.24, 2.45) is 0 Å². The predicted molar refractivity (Wildman–Crippen MR) is 136 cm³/mol. The normalized spacial score (nSPS) is 19.7. The van der Waals surface area contributed by atoms with Gasteiger partial charge in [-0.2, -0.15) is 17.9 Å². The van der Waals surface area contributed by atoms with Crippen LogP contribution in [-0.2, 0) is 26.0 Å². The van der Waals surface area contributed by atoms with Gasteiger partial charge in [-0.25, -0.2) is 8.42 Å². The highest BCUT2D eigenvalue weighted by Gasteiger charge is 2.44. The molecule has 1 fully saturated rings. The maximum absolute atomic E-state index is 13.1. The Kier molecular flexibility index (Phi) is 6.65. The second-order valence-corrected chi connectivity index (χ2v) is 11.6. The second kappa shape index (κ2) is 9.55. The van der Waals surface area contributed by atoms with E-state index < -0.39 is 40.1 Å². The Balaban J connectivity index is 1.31. The third kappa shape index (κ3) is 4.85. The smallest absolute Gasteiger partial charge is 0.331 e. The fourth-order valence-corrected chi connectivity index (χ4v) is 6.60. The van der Waals surface area contributed by atoms with Crippen LogP contribution in [0.1, 0.15) is 30.0 Å². The molecule has 200 valence electrons. The molecule has 1 N–H and O–H groups in total. The van der Waals surface area contributed by atoms with E-state index in [0.717, 1.165) is 18.0 Å². The monoisotopic (exact) mass is 565 g/mol. The number of alkyl halides is 3. The number of aryl methyl sites for hydroxylation is 1. The van der Waals surface area contributed by atoms with E-state index in [1.165, 1.54) is 17.0 Å². The highest BCUT2D eigenvalue weighted by molar-refractivity contribution is 7.89. The number of hydrogen-bond donors (Lipinski definition) is 1. The predicted octanol–water partition coefficient (Wildman–Crippen LogP) is 4.59. The number of sulfonamides is 1. The van der Waals surface area contributed by atoms with Crippen LogP contribution < -0.4 is 9.62 Å². The van der Waals surface area contributed by atoms with E-state index in [1.807, 2.05) is 0 Å². The first-order chi connectivity index (χ1) is 17.8. The summed E-state index contributed by atoms with van der Waals surface area (Å²) in [7, 11) is -2.86. The summed E-state index contributed by atoms with van der Waals surface area (Å²) in [6, 6.07) is 13.0. The van der Waals surface area contributed by atoms with Crippen LogP contribution in [0.5, 0.6) is 0 Å². The molecule has 1 saturated heterocycles. The zero-order chi connectivity index (χ0) is 27.4. The van der Waals surface area contributed by atoms with Gasteiger partial charge in [0.15, 0.2) is 0 Å². The van der Waals surface area contributed by atoms with Gasteiger partial charge in [0.25, 0.3) is 0 Å². The van der Waals surface area contributed by atoms with E-state index in [-0.39, 0.29) is 17.9 Å². The number of hydrogen-bond acceptors (Lipinski definition) is 4. The molecular formula is C26H23ClF3N3O4S. The van der Waals surface area contributed by atoms with Crippen LogP contribution in [0.25, 0.3) is 10.8 Å². The topological polar surface area (TPSA) is 86.8 Å². The van der Waals surface area contributed by atoms with Crippen molar-refractivity contribution in [3.05, 3.63) is 70.7 Å². The molecule has 2 atom stereocenters. The minimum absolute atomic E-state index is 0.0275. The minimum atomic E-state index is -4.96. The van der Waals surface area contributed by atoms with Crippen molar-refractivity contribution in [2.75, 3.05) is 18.5 Å². The number of amides is 2. The van der Waals surface area contributed by atoms with Crippen molar-refractivity contribution in [3.8, 4) is 0 Å². The zero-order valence-electron chi connectivity index (χ0n) is 20.1. The van der Waals surface area contributed by atoms with Crippen molar-refractivity contribution in [3.63, 3.8) is 0 Å². The molecule has 3 aromatic rings. The van der Waals surface area contributed by atoms with E-state index in [4.69, 9.17) is 11.6 Å². The summed E-state index contributed by atoms with van der Waals surface area (Å²) in [5.41, 5.74) is 1.89. The number of carbonyl (C=O) groups is 2. The van der Waals surface area contributed by atoms with Gasteiger partial charge in [0.1, 0.15) is 6.04 Å². The summed E-state index contributed by atoms with van der Waals surface area (Å²) >= 11 is 5.99. The summed E-state index contributed by atoms with van der Waals surface area (Å²) in [6.45, 7) is 0.275. The van der Waals surface area contributed by atoms with Crippen LogP contribution in [0.2, 0.25) is 5.02 Å². The Morgan fingerprint density at radius 1 is 1.05 bits per heavy atom. The standard InChI is InChI=1S/C26H23ClF3N3O4S/c1-32(25(35)26(28,29)30)23-9-4-17-13-19(6-8-21(17)23)33-11-10-22(24(33)34)31-38(36,37)20-7-3-15-12-18(27)5-2-16(15)14-20/h2-3,5-8,12-14,22-23,31H,4,9-11H2,1H3/t22-,23?/m0/s1. The lowest BCUT2D eigenvalue weighted by molar-refractivity contribution is -0.186. The summed E-state index contributed by atoms with van der Waals surface area (Å²) < 4.78 is 67.3. The fraction of sp³-hybridized carbons (Fsp3) is 0.308. The van der Waals surface area contributed by atoms with E-state index in [2.05, 4.69) is 4.72 Å². The maximum Gasteiger partial charge on any atom is 0.471 e. The molecular weight excluding hydrogens is 543 g/mol. The van der Waals surface area contributed by atoms with Crippen LogP contribution in [0.15, 0.2) is 59.5 Å². The van der Waals surface area contributed by atoms with E-state index in [9.17, 15) is 31.2 Å². The molecule has 5 rings (SSSR count). The molecule has 0 bridgehead atoms. The minimum Gasteiger partial charge on any atom is -0.331 e. The quantitative estimate of drug-likeness (QED) is 0.490. The molecule has 38 heavy (non-hydrogen) atoms. The van der Waals surface area contributed by atoms with Gasteiger partial charge >= 0.3 is 12.1 Å². The van der Waals surface area contributed by atoms with Gasteiger partial charge in [-0.15, -0.1) is 0 Å². The third-order valence-corrected chi connectivity index (χ3v) is 8.81. The molecule has 3 aromatic carbocycles. The average Bonchev–Trinajstić information content (AvgIpc) is 3.44. The molecule has 7 nitrogen and oxygen atoms in total. The SMILES string of the molecule is CN(C(=O)C(F)(F)F)C1CCc2cc(N3CC[C@H](NS(=O)(=O)c4ccc5cc(Cl)ccc5c4)C3=O)ccc21. The lowest BCUT2D eigenvalue weighted by Crippen LogP contribution is -2.41. The van der Waals surface area contributed by atoms with Gasteiger partial charge in [0.2, 0.25) is 15.9 Å². The first-order valence-corrected chi connectivity index (χ1v) is 13.7. The van der Waals surface area contributed by atoms with Gasteiger partial charge in [0.05, 0.1) is 10.9 Å². The maximum atomic E-state index is 13.1. The number of halogens is 4. The largest absolute Gasteiger partial charge is 0.471 e. The lowest BCUT2D eigenvalue weighted by Gasteiger charge is -2.26. The number of carbonyl (C=O) groups excluding carboxylic acids is 2. The Hall–Kier alpha value is -3.15. The summed E-state index contributed by atoms with van der Waals surface area (Å²) in [4.78, 5) is 27.0. The van der Waals surface area contributed by atoms with E-state index in [1.54, 1.807) is 42.5 Å². The first-order valence-electron chi connectivity index (χ1n) is 11.8. The van der Waals surface area contributed by atoms with E-state index in [0.29, 0.717) is 39.4 Å². The highest BCUT2D eigenvalue weighted by atomic mass is 35.5. The fourth-order valence-electron chi connectivity index (χ4n) is 5.16. The van der Waals surface area contributed by atoms with Gasteiger partial charge in [0, 0.05) is 24.3 Å². The van der Waals surface area contributed by atoms with Crippen molar-refractivity contribution < 1.29 is 31.2 Å². The van der Waals surface area contributed by atoms with Crippen LogP contribution in [0.3, 0.4) is 0 Å². The van der Waals surface area contributed by atoms with E-state index >= 15 is 0 Å². The molecule has 0 radical (unpaired) electrons. The molecule has 0 spiro atoms. The second-order valence-electron chi connectivity index (χ2n) is 9.46. The molecule has 12 heteroatoms. The summed E-state index contributed by atoms with van der Waals surface area (Å²) in [5.74, 6) is -2.32. The average molecular weight is 566 g/mol. The molecule has 0 aromatic heterocycles. The summed E-state index contributed by atoms with van der Waals surface area (Å²) in [5, 5.41) is 2.01. The van der Waals surface area contributed by atoms with Crippen molar-refractivity contribution in [1.29, 1.82) is 0 Å². The Labute approximate surface area is 222 Å². The van der Waals surface area contributed by atoms with Gasteiger partial charge in [-0.05, 0) is 77.6 Å². The van der Waals surface area contributed by atoms with Crippen molar-refractivity contribution in [1.82, 2.24) is 9.62 Å². The molecule has 1 aliphatic carbocycles. The Bertz CT molecular complexity index is 1560. The molecule has 2 amide bonds. The third-order valence-electron chi connectivity index (χ3n) is 7.10. The molecule has 0 saturated carbocycles. The highest BCUT2D eigenvalue weighted by Crippen LogP contribution is 2.39. The molecule has 1 unspecified atom stereocenters. The van der Waals surface area contributed by atoms with Crippen LogP contribution in [0.4, 0.5) is 18.9 Å². The Morgan fingerprint density at radius 2 is 1.76 bits per heavy atom. The molecule has 1 aliphatic heterocycles. The lowest BCUT2D eigenvalue weighted by atomic mass is 10.1. The van der Waals surface area contributed by atoms with Crippen molar-refractivity contribution >= 4 is 49.9 Å². The van der Waals surface area contributed by atoms with Crippen LogP contribution in [-0.4, -0.2) is 50.9 Å². The van der Waals surface area contributed by atoms with Gasteiger partial charge in [-0.1, -0.05) is 29.8 Å².